The lowest BCUT2D eigenvalue weighted by Gasteiger charge is -2.18. The molecule has 0 aliphatic rings. The van der Waals surface area contributed by atoms with Crippen molar-refractivity contribution in [3.63, 3.8) is 0 Å². The van der Waals surface area contributed by atoms with Gasteiger partial charge in [-0.05, 0) is 53.1 Å². The fourth-order valence-corrected chi connectivity index (χ4v) is 3.49. The number of aromatic nitrogens is 2. The second kappa shape index (κ2) is 6.63. The number of para-hydroxylation sites is 1. The first kappa shape index (κ1) is 17.1. The van der Waals surface area contributed by atoms with Gasteiger partial charge in [-0.3, -0.25) is 9.36 Å². The van der Waals surface area contributed by atoms with E-state index in [9.17, 15) is 9.18 Å². The SMILES string of the molecule is CCc1cccc(C)c1-n1c(CC)nc2cc(F)c(I)cc2c1=O. The monoisotopic (exact) mass is 436 g/mol. The van der Waals surface area contributed by atoms with Crippen molar-refractivity contribution in [2.24, 2.45) is 0 Å². The van der Waals surface area contributed by atoms with Crippen molar-refractivity contribution in [3.8, 4) is 5.69 Å². The molecule has 0 amide bonds. The zero-order chi connectivity index (χ0) is 17.4. The number of rotatable bonds is 3. The minimum absolute atomic E-state index is 0.140. The normalized spacial score (nSPS) is 11.2. The van der Waals surface area contributed by atoms with Crippen molar-refractivity contribution in [2.45, 2.75) is 33.6 Å². The van der Waals surface area contributed by atoms with Crippen molar-refractivity contribution >= 4 is 33.5 Å². The summed E-state index contributed by atoms with van der Waals surface area (Å²) in [6.45, 7) is 6.03. The first-order chi connectivity index (χ1) is 11.5. The molecule has 0 atom stereocenters. The molecule has 0 aliphatic heterocycles. The molecule has 1 heterocycles. The summed E-state index contributed by atoms with van der Waals surface area (Å²) < 4.78 is 16.0. The summed E-state index contributed by atoms with van der Waals surface area (Å²) in [6.07, 6.45) is 1.42. The molecule has 3 nitrogen and oxygen atoms in total. The van der Waals surface area contributed by atoms with E-state index in [0.29, 0.717) is 26.7 Å². The van der Waals surface area contributed by atoms with Crippen LogP contribution >= 0.6 is 22.6 Å². The Morgan fingerprint density at radius 2 is 1.96 bits per heavy atom. The summed E-state index contributed by atoms with van der Waals surface area (Å²) in [5.41, 5.74) is 3.31. The lowest BCUT2D eigenvalue weighted by Crippen LogP contribution is -2.25. The molecule has 0 unspecified atom stereocenters. The molecule has 0 spiro atoms. The average molecular weight is 436 g/mol. The van der Waals surface area contributed by atoms with Crippen molar-refractivity contribution in [1.29, 1.82) is 0 Å². The van der Waals surface area contributed by atoms with E-state index in [1.165, 1.54) is 6.07 Å². The first-order valence-electron chi connectivity index (χ1n) is 7.97. The van der Waals surface area contributed by atoms with Crippen molar-refractivity contribution in [1.82, 2.24) is 9.55 Å². The van der Waals surface area contributed by atoms with Crippen molar-refractivity contribution < 1.29 is 4.39 Å². The van der Waals surface area contributed by atoms with E-state index in [4.69, 9.17) is 0 Å². The van der Waals surface area contributed by atoms with Crippen LogP contribution in [0.3, 0.4) is 0 Å². The van der Waals surface area contributed by atoms with Gasteiger partial charge in [0, 0.05) is 16.1 Å². The van der Waals surface area contributed by atoms with Crippen LogP contribution in [0, 0.1) is 16.3 Å². The molecule has 0 aliphatic carbocycles. The van der Waals surface area contributed by atoms with Crippen LogP contribution in [0.4, 0.5) is 4.39 Å². The van der Waals surface area contributed by atoms with Gasteiger partial charge < -0.3 is 0 Å². The maximum Gasteiger partial charge on any atom is 0.266 e. The quantitative estimate of drug-likeness (QED) is 0.565. The smallest absolute Gasteiger partial charge is 0.266 e. The van der Waals surface area contributed by atoms with Crippen LogP contribution < -0.4 is 5.56 Å². The van der Waals surface area contributed by atoms with E-state index in [-0.39, 0.29) is 11.4 Å². The Morgan fingerprint density at radius 1 is 1.21 bits per heavy atom. The number of nitrogens with zero attached hydrogens (tertiary/aromatic N) is 2. The van der Waals surface area contributed by atoms with Gasteiger partial charge in [-0.2, -0.15) is 0 Å². The van der Waals surface area contributed by atoms with Gasteiger partial charge in [0.25, 0.3) is 5.56 Å². The van der Waals surface area contributed by atoms with Gasteiger partial charge in [-0.1, -0.05) is 32.0 Å². The molecule has 3 rings (SSSR count). The fourth-order valence-electron chi connectivity index (χ4n) is 3.02. The Morgan fingerprint density at radius 3 is 2.62 bits per heavy atom. The summed E-state index contributed by atoms with van der Waals surface area (Å²) in [6, 6.07) is 8.97. The third-order valence-corrected chi connectivity index (χ3v) is 5.05. The summed E-state index contributed by atoms with van der Waals surface area (Å²) in [4.78, 5) is 17.8. The summed E-state index contributed by atoms with van der Waals surface area (Å²) in [7, 11) is 0. The Hall–Kier alpha value is -1.76. The Labute approximate surface area is 153 Å². The second-order valence-corrected chi connectivity index (χ2v) is 6.90. The molecule has 5 heteroatoms. The fraction of sp³-hybridized carbons (Fsp3) is 0.263. The van der Waals surface area contributed by atoms with E-state index >= 15 is 0 Å². The number of fused-ring (bicyclic) bond motifs is 1. The predicted octanol–water partition coefficient (Wildman–Crippen LogP) is 4.56. The van der Waals surface area contributed by atoms with Crippen LogP contribution in [0.25, 0.3) is 16.6 Å². The van der Waals surface area contributed by atoms with Gasteiger partial charge >= 0.3 is 0 Å². The minimum atomic E-state index is -0.347. The molecule has 124 valence electrons. The van der Waals surface area contributed by atoms with Gasteiger partial charge in [0.05, 0.1) is 16.6 Å². The summed E-state index contributed by atoms with van der Waals surface area (Å²) in [5, 5.41) is 0.448. The third-order valence-electron chi connectivity index (χ3n) is 4.22. The molecule has 0 bridgehead atoms. The van der Waals surface area contributed by atoms with Gasteiger partial charge in [0.1, 0.15) is 11.6 Å². The molecule has 1 aromatic heterocycles. The zero-order valence-corrected chi connectivity index (χ0v) is 16.0. The van der Waals surface area contributed by atoms with Crippen LogP contribution in [0.1, 0.15) is 30.8 Å². The molecular weight excluding hydrogens is 418 g/mol. The molecule has 24 heavy (non-hydrogen) atoms. The molecule has 0 saturated heterocycles. The van der Waals surface area contributed by atoms with Gasteiger partial charge in [0.2, 0.25) is 0 Å². The predicted molar refractivity (Wildman–Crippen MR) is 104 cm³/mol. The van der Waals surface area contributed by atoms with E-state index in [2.05, 4.69) is 11.9 Å². The third kappa shape index (κ3) is 2.75. The summed E-state index contributed by atoms with van der Waals surface area (Å²) in [5.74, 6) is 0.303. The molecule has 2 aromatic carbocycles. The molecule has 0 saturated carbocycles. The Balaban J connectivity index is 2.47. The molecule has 0 radical (unpaired) electrons. The van der Waals surface area contributed by atoms with E-state index in [0.717, 1.165) is 23.2 Å². The van der Waals surface area contributed by atoms with Crippen LogP contribution in [0.2, 0.25) is 0 Å². The average Bonchev–Trinajstić information content (AvgIpc) is 2.57. The van der Waals surface area contributed by atoms with Crippen LogP contribution in [-0.2, 0) is 12.8 Å². The highest BCUT2D eigenvalue weighted by Crippen LogP contribution is 2.23. The van der Waals surface area contributed by atoms with Crippen molar-refractivity contribution in [2.75, 3.05) is 0 Å². The number of hydrogen-bond acceptors (Lipinski definition) is 2. The minimum Gasteiger partial charge on any atom is -0.268 e. The molecule has 0 N–H and O–H groups in total. The number of benzene rings is 2. The maximum atomic E-state index is 13.9. The second-order valence-electron chi connectivity index (χ2n) is 5.74. The lowest BCUT2D eigenvalue weighted by atomic mass is 10.0. The highest BCUT2D eigenvalue weighted by Gasteiger charge is 2.17. The molecule has 3 aromatic rings. The highest BCUT2D eigenvalue weighted by molar-refractivity contribution is 14.1. The number of halogens is 2. The Bertz CT molecular complexity index is 995. The number of aryl methyl sites for hydroxylation is 3. The standard InChI is InChI=1S/C19H18FIN2O/c1-4-12-8-6-7-11(3)18(12)23-17(5-2)22-16-10-14(20)15(21)9-13(16)19(23)24/h6-10H,4-5H2,1-3H3. The first-order valence-corrected chi connectivity index (χ1v) is 9.05. The Kier molecular flexibility index (Phi) is 4.71. The zero-order valence-electron chi connectivity index (χ0n) is 13.9. The van der Waals surface area contributed by atoms with E-state index < -0.39 is 0 Å². The van der Waals surface area contributed by atoms with Crippen LogP contribution in [0.5, 0.6) is 0 Å². The molecular formula is C19H18FIN2O. The van der Waals surface area contributed by atoms with Crippen LogP contribution in [0.15, 0.2) is 35.1 Å². The lowest BCUT2D eigenvalue weighted by molar-refractivity contribution is 0.621. The summed E-state index contributed by atoms with van der Waals surface area (Å²) >= 11 is 1.90. The van der Waals surface area contributed by atoms with Crippen molar-refractivity contribution in [3.05, 3.63) is 67.0 Å². The van der Waals surface area contributed by atoms with E-state index in [1.807, 2.05) is 54.6 Å². The van der Waals surface area contributed by atoms with Gasteiger partial charge in [-0.25, -0.2) is 9.37 Å². The van der Waals surface area contributed by atoms with Crippen LogP contribution in [-0.4, -0.2) is 9.55 Å². The largest absolute Gasteiger partial charge is 0.268 e. The maximum absolute atomic E-state index is 13.9. The van der Waals surface area contributed by atoms with E-state index in [1.54, 1.807) is 10.6 Å². The topological polar surface area (TPSA) is 34.9 Å². The van der Waals surface area contributed by atoms with Gasteiger partial charge in [-0.15, -0.1) is 0 Å². The van der Waals surface area contributed by atoms with Gasteiger partial charge in [0.15, 0.2) is 0 Å². The highest BCUT2D eigenvalue weighted by atomic mass is 127. The molecule has 0 fully saturated rings. The number of hydrogen-bond donors (Lipinski definition) is 0.